The van der Waals surface area contributed by atoms with Crippen LogP contribution in [0.25, 0.3) is 0 Å². The summed E-state index contributed by atoms with van der Waals surface area (Å²) in [4.78, 5) is 0. The maximum absolute atomic E-state index is 8.98. The summed E-state index contributed by atoms with van der Waals surface area (Å²) in [5, 5.41) is 10.3. The predicted octanol–water partition coefficient (Wildman–Crippen LogP) is 4.76. The monoisotopic (exact) mass is 283 g/mol. The van der Waals surface area contributed by atoms with Gasteiger partial charge < -0.3 is 4.74 Å². The highest BCUT2D eigenvalue weighted by molar-refractivity contribution is 6.35. The van der Waals surface area contributed by atoms with E-state index in [1.165, 1.54) is 0 Å². The topological polar surface area (TPSA) is 33.0 Å². The molecule has 0 fully saturated rings. The first-order valence-corrected chi connectivity index (χ1v) is 6.42. The third-order valence-corrected chi connectivity index (χ3v) is 3.34. The van der Waals surface area contributed by atoms with E-state index in [9.17, 15) is 0 Å². The van der Waals surface area contributed by atoms with Gasteiger partial charge in [0, 0.05) is 10.0 Å². The lowest BCUT2D eigenvalue weighted by atomic mass is 10.0. The molecule has 0 saturated carbocycles. The van der Waals surface area contributed by atoms with E-state index in [2.05, 4.69) is 6.07 Å². The second kappa shape index (κ2) is 7.31. The summed E-state index contributed by atoms with van der Waals surface area (Å²) in [7, 11) is 1.57. The Morgan fingerprint density at radius 2 is 2.11 bits per heavy atom. The number of rotatable bonds is 5. The van der Waals surface area contributed by atoms with Crippen LogP contribution in [-0.2, 0) is 11.2 Å². The molecule has 0 atom stereocenters. The fourth-order valence-corrected chi connectivity index (χ4v) is 2.12. The molecule has 0 aliphatic heterocycles. The minimum atomic E-state index is 0.636. The molecule has 0 aromatic heterocycles. The Morgan fingerprint density at radius 1 is 1.39 bits per heavy atom. The minimum Gasteiger partial charge on any atom is -0.500 e. The summed E-state index contributed by atoms with van der Waals surface area (Å²) < 4.78 is 5.06. The number of benzene rings is 1. The van der Waals surface area contributed by atoms with Crippen LogP contribution in [0.15, 0.2) is 29.5 Å². The summed E-state index contributed by atoms with van der Waals surface area (Å²) >= 11 is 11.9. The number of halogens is 2. The van der Waals surface area contributed by atoms with Crippen LogP contribution in [0.4, 0.5) is 0 Å². The zero-order chi connectivity index (χ0) is 13.5. The molecule has 96 valence electrons. The van der Waals surface area contributed by atoms with Gasteiger partial charge in [-0.15, -0.1) is 0 Å². The van der Waals surface area contributed by atoms with E-state index >= 15 is 0 Å². The number of aryl methyl sites for hydroxylation is 1. The van der Waals surface area contributed by atoms with Crippen molar-refractivity contribution in [3.8, 4) is 6.07 Å². The number of nitriles is 1. The van der Waals surface area contributed by atoms with Crippen LogP contribution in [0.1, 0.15) is 25.3 Å². The normalized spacial score (nSPS) is 11.7. The highest BCUT2D eigenvalue weighted by Crippen LogP contribution is 2.23. The van der Waals surface area contributed by atoms with Crippen molar-refractivity contribution in [2.24, 2.45) is 0 Å². The molecule has 1 aromatic carbocycles. The molecule has 18 heavy (non-hydrogen) atoms. The van der Waals surface area contributed by atoms with E-state index in [0.717, 1.165) is 18.4 Å². The van der Waals surface area contributed by atoms with Crippen molar-refractivity contribution in [2.45, 2.75) is 26.2 Å². The molecule has 0 aliphatic rings. The molecule has 0 bridgehead atoms. The average molecular weight is 284 g/mol. The number of methoxy groups -OCH3 is 1. The van der Waals surface area contributed by atoms with Gasteiger partial charge in [-0.2, -0.15) is 5.26 Å². The molecule has 1 aromatic rings. The summed E-state index contributed by atoms with van der Waals surface area (Å²) in [5.41, 5.74) is 1.73. The van der Waals surface area contributed by atoms with E-state index in [1.54, 1.807) is 20.1 Å². The molecule has 0 spiro atoms. The molecule has 0 radical (unpaired) electrons. The van der Waals surface area contributed by atoms with Crippen LogP contribution >= 0.6 is 23.2 Å². The Bertz CT molecular complexity index is 489. The van der Waals surface area contributed by atoms with Crippen molar-refractivity contribution in [3.63, 3.8) is 0 Å². The van der Waals surface area contributed by atoms with Crippen LogP contribution in [0.2, 0.25) is 10.0 Å². The zero-order valence-electron chi connectivity index (χ0n) is 10.5. The average Bonchev–Trinajstić information content (AvgIpc) is 2.36. The van der Waals surface area contributed by atoms with Gasteiger partial charge in [0.25, 0.3) is 0 Å². The van der Waals surface area contributed by atoms with Gasteiger partial charge in [0.2, 0.25) is 0 Å². The van der Waals surface area contributed by atoms with Gasteiger partial charge in [-0.1, -0.05) is 29.3 Å². The smallest absolute Gasteiger partial charge is 0.106 e. The Morgan fingerprint density at radius 3 is 2.67 bits per heavy atom. The van der Waals surface area contributed by atoms with Crippen LogP contribution in [0.5, 0.6) is 0 Å². The van der Waals surface area contributed by atoms with Crippen molar-refractivity contribution < 1.29 is 4.74 Å². The molecule has 0 N–H and O–H groups in total. The van der Waals surface area contributed by atoms with E-state index in [0.29, 0.717) is 27.8 Å². The van der Waals surface area contributed by atoms with Crippen molar-refractivity contribution in [1.82, 2.24) is 0 Å². The minimum absolute atomic E-state index is 0.636. The van der Waals surface area contributed by atoms with E-state index < -0.39 is 0 Å². The zero-order valence-corrected chi connectivity index (χ0v) is 12.0. The van der Waals surface area contributed by atoms with Gasteiger partial charge in [-0.3, -0.25) is 0 Å². The van der Waals surface area contributed by atoms with E-state index in [1.807, 2.05) is 12.1 Å². The number of hydrogen-bond acceptors (Lipinski definition) is 2. The molecule has 0 unspecified atom stereocenters. The maximum Gasteiger partial charge on any atom is 0.106 e. The van der Waals surface area contributed by atoms with Gasteiger partial charge in [0.15, 0.2) is 0 Å². The Balaban J connectivity index is 2.59. The van der Waals surface area contributed by atoms with Crippen LogP contribution in [0.3, 0.4) is 0 Å². The second-order valence-corrected chi connectivity index (χ2v) is 4.78. The summed E-state index contributed by atoms with van der Waals surface area (Å²) in [6.45, 7) is 1.80. The lowest BCUT2D eigenvalue weighted by Gasteiger charge is -2.06. The van der Waals surface area contributed by atoms with E-state index in [4.69, 9.17) is 33.2 Å². The quantitative estimate of drug-likeness (QED) is 0.577. The van der Waals surface area contributed by atoms with Crippen LogP contribution in [0, 0.1) is 11.3 Å². The van der Waals surface area contributed by atoms with Crippen molar-refractivity contribution in [2.75, 3.05) is 7.11 Å². The molecular weight excluding hydrogens is 269 g/mol. The van der Waals surface area contributed by atoms with Crippen molar-refractivity contribution in [1.29, 1.82) is 5.26 Å². The molecule has 0 amide bonds. The van der Waals surface area contributed by atoms with Crippen LogP contribution < -0.4 is 0 Å². The first-order valence-electron chi connectivity index (χ1n) is 5.66. The van der Waals surface area contributed by atoms with E-state index in [-0.39, 0.29) is 0 Å². The highest BCUT2D eigenvalue weighted by atomic mass is 35.5. The lowest BCUT2D eigenvalue weighted by molar-refractivity contribution is 0.289. The fraction of sp³-hybridized carbons (Fsp3) is 0.357. The molecule has 1 rings (SSSR count). The highest BCUT2D eigenvalue weighted by Gasteiger charge is 2.05. The first kappa shape index (κ1) is 14.9. The van der Waals surface area contributed by atoms with Gasteiger partial charge in [-0.25, -0.2) is 0 Å². The molecule has 0 aliphatic carbocycles. The third-order valence-electron chi connectivity index (χ3n) is 2.75. The summed E-state index contributed by atoms with van der Waals surface area (Å²) in [5.74, 6) is 0.680. The third kappa shape index (κ3) is 4.25. The SMILES string of the molecule is CO/C(C)=C(/C#N)CCCc1ccc(Cl)cc1Cl. The second-order valence-electron chi connectivity index (χ2n) is 3.94. The molecule has 0 heterocycles. The fourth-order valence-electron chi connectivity index (χ4n) is 1.61. The molecule has 4 heteroatoms. The number of hydrogen-bond donors (Lipinski definition) is 0. The van der Waals surface area contributed by atoms with Gasteiger partial charge >= 0.3 is 0 Å². The van der Waals surface area contributed by atoms with Gasteiger partial charge in [0.05, 0.1) is 18.8 Å². The summed E-state index contributed by atoms with van der Waals surface area (Å²) in [6, 6.07) is 7.64. The predicted molar refractivity (Wildman–Crippen MR) is 74.7 cm³/mol. The van der Waals surface area contributed by atoms with Crippen molar-refractivity contribution >= 4 is 23.2 Å². The largest absolute Gasteiger partial charge is 0.500 e. The van der Waals surface area contributed by atoms with Gasteiger partial charge in [-0.05, 0) is 43.9 Å². The number of nitrogens with zero attached hydrogens (tertiary/aromatic N) is 1. The van der Waals surface area contributed by atoms with Crippen LogP contribution in [-0.4, -0.2) is 7.11 Å². The summed E-state index contributed by atoms with van der Waals surface area (Å²) in [6.07, 6.45) is 2.36. The van der Waals surface area contributed by atoms with Gasteiger partial charge in [0.1, 0.15) is 5.76 Å². The molecular formula is C14H15Cl2NO. The standard InChI is InChI=1S/C14H15Cl2NO/c1-10(18-2)12(9-17)5-3-4-11-6-7-13(15)8-14(11)16/h6-8H,3-5H2,1-2H3/b12-10+. The molecule has 0 saturated heterocycles. The Labute approximate surface area is 118 Å². The Hall–Kier alpha value is -1.17. The first-order chi connectivity index (χ1) is 8.58. The molecule has 2 nitrogen and oxygen atoms in total. The lowest BCUT2D eigenvalue weighted by Crippen LogP contribution is -1.92. The number of allylic oxidation sites excluding steroid dienone is 2. The Kier molecular flexibility index (Phi) is 6.04. The van der Waals surface area contributed by atoms with Crippen molar-refractivity contribution in [3.05, 3.63) is 45.1 Å². The maximum atomic E-state index is 8.98. The number of ether oxygens (including phenoxy) is 1.